The molecule has 0 radical (unpaired) electrons. The number of halogens is 1. The largest absolute Gasteiger partial charge is 0.366 e. The Morgan fingerprint density at radius 1 is 1.15 bits per heavy atom. The molecule has 3 N–H and O–H groups in total. The first-order valence-corrected chi connectivity index (χ1v) is 8.69. The number of primary amides is 1. The molecule has 0 saturated carbocycles. The van der Waals surface area contributed by atoms with Crippen molar-refractivity contribution >= 4 is 27.7 Å². The average Bonchev–Trinajstić information content (AvgIpc) is 3.12. The Morgan fingerprint density at radius 2 is 1.88 bits per heavy atom. The van der Waals surface area contributed by atoms with E-state index in [0.717, 1.165) is 15.6 Å². The van der Waals surface area contributed by atoms with Crippen molar-refractivity contribution < 1.29 is 9.59 Å². The first kappa shape index (κ1) is 17.9. The summed E-state index contributed by atoms with van der Waals surface area (Å²) in [6.45, 7) is 0.354. The number of nitrogens with zero attached hydrogens (tertiary/aromatic N) is 2. The zero-order valence-electron chi connectivity index (χ0n) is 14.1. The van der Waals surface area contributed by atoms with E-state index < -0.39 is 5.91 Å². The Balaban J connectivity index is 1.74. The van der Waals surface area contributed by atoms with Gasteiger partial charge < -0.3 is 10.6 Å². The minimum absolute atomic E-state index is 0.190. The molecule has 0 fully saturated rings. The standard InChI is InChI=1S/C19H17BrN4O2/c1-24(11-12-3-2-4-14(9-12)18(21)25)19(26)17-10-16(22-23-17)13-5-7-15(20)8-6-13/h2-10H,11H2,1H3,(H2,21,25)(H,22,23). The topological polar surface area (TPSA) is 92.1 Å². The molecular weight excluding hydrogens is 396 g/mol. The van der Waals surface area contributed by atoms with Gasteiger partial charge >= 0.3 is 0 Å². The van der Waals surface area contributed by atoms with Gasteiger partial charge in [0.2, 0.25) is 5.91 Å². The highest BCUT2D eigenvalue weighted by Gasteiger charge is 2.16. The lowest BCUT2D eigenvalue weighted by molar-refractivity contribution is 0.0779. The molecule has 0 saturated heterocycles. The van der Waals surface area contributed by atoms with Crippen molar-refractivity contribution in [3.05, 3.63) is 75.9 Å². The zero-order valence-corrected chi connectivity index (χ0v) is 15.7. The fourth-order valence-electron chi connectivity index (χ4n) is 2.57. The Hall–Kier alpha value is -2.93. The van der Waals surface area contributed by atoms with Crippen LogP contribution in [0.2, 0.25) is 0 Å². The van der Waals surface area contributed by atoms with Gasteiger partial charge in [0, 0.05) is 29.2 Å². The summed E-state index contributed by atoms with van der Waals surface area (Å²) in [5, 5.41) is 7.00. The summed E-state index contributed by atoms with van der Waals surface area (Å²) in [6, 6.07) is 16.3. The molecule has 2 amide bonds. The normalized spacial score (nSPS) is 10.5. The van der Waals surface area contributed by atoms with Crippen LogP contribution >= 0.6 is 15.9 Å². The smallest absolute Gasteiger partial charge is 0.271 e. The number of nitrogens with one attached hydrogen (secondary N) is 1. The maximum absolute atomic E-state index is 12.6. The number of aromatic nitrogens is 2. The summed E-state index contributed by atoms with van der Waals surface area (Å²) in [6.07, 6.45) is 0. The van der Waals surface area contributed by atoms with Gasteiger partial charge in [0.1, 0.15) is 5.69 Å². The molecule has 0 aliphatic carbocycles. The fraction of sp³-hybridized carbons (Fsp3) is 0.105. The Labute approximate surface area is 159 Å². The highest BCUT2D eigenvalue weighted by atomic mass is 79.9. The summed E-state index contributed by atoms with van der Waals surface area (Å²) in [5.74, 6) is -0.682. The Bertz CT molecular complexity index is 950. The third-order valence-corrected chi connectivity index (χ3v) is 4.45. The van der Waals surface area contributed by atoms with E-state index in [4.69, 9.17) is 5.73 Å². The van der Waals surface area contributed by atoms with E-state index in [-0.39, 0.29) is 5.91 Å². The van der Waals surface area contributed by atoms with Crippen LogP contribution in [0.5, 0.6) is 0 Å². The number of amides is 2. The summed E-state index contributed by atoms with van der Waals surface area (Å²) in [7, 11) is 1.69. The SMILES string of the molecule is CN(Cc1cccc(C(N)=O)c1)C(=O)c1cc(-c2ccc(Br)cc2)n[nH]1. The molecule has 1 heterocycles. The molecule has 0 unspecified atom stereocenters. The average molecular weight is 413 g/mol. The zero-order chi connectivity index (χ0) is 18.7. The van der Waals surface area contributed by atoms with Crippen molar-refractivity contribution in [1.29, 1.82) is 0 Å². The van der Waals surface area contributed by atoms with Crippen LogP contribution in [-0.4, -0.2) is 34.0 Å². The number of hydrogen-bond acceptors (Lipinski definition) is 3. The van der Waals surface area contributed by atoms with Gasteiger partial charge in [0.25, 0.3) is 5.91 Å². The fourth-order valence-corrected chi connectivity index (χ4v) is 2.84. The Morgan fingerprint density at radius 3 is 2.58 bits per heavy atom. The van der Waals surface area contributed by atoms with E-state index in [1.54, 1.807) is 36.2 Å². The van der Waals surface area contributed by atoms with E-state index in [2.05, 4.69) is 26.1 Å². The van der Waals surface area contributed by atoms with E-state index >= 15 is 0 Å². The highest BCUT2D eigenvalue weighted by molar-refractivity contribution is 9.10. The van der Waals surface area contributed by atoms with Gasteiger partial charge in [0.05, 0.1) is 5.69 Å². The number of hydrogen-bond donors (Lipinski definition) is 2. The number of nitrogens with two attached hydrogens (primary N) is 1. The lowest BCUT2D eigenvalue weighted by Crippen LogP contribution is -2.26. The number of carbonyl (C=O) groups is 2. The van der Waals surface area contributed by atoms with Crippen molar-refractivity contribution in [1.82, 2.24) is 15.1 Å². The minimum Gasteiger partial charge on any atom is -0.366 e. The van der Waals surface area contributed by atoms with Crippen molar-refractivity contribution in [2.75, 3.05) is 7.05 Å². The molecule has 0 aliphatic rings. The summed E-state index contributed by atoms with van der Waals surface area (Å²) in [4.78, 5) is 25.5. The second-order valence-electron chi connectivity index (χ2n) is 5.90. The summed E-state index contributed by atoms with van der Waals surface area (Å²) < 4.78 is 0.978. The van der Waals surface area contributed by atoms with Gasteiger partial charge in [-0.15, -0.1) is 0 Å². The third kappa shape index (κ3) is 4.00. The van der Waals surface area contributed by atoms with Crippen molar-refractivity contribution in [3.8, 4) is 11.3 Å². The van der Waals surface area contributed by atoms with Crippen LogP contribution in [0, 0.1) is 0 Å². The van der Waals surface area contributed by atoms with Crippen LogP contribution in [0.15, 0.2) is 59.1 Å². The molecule has 6 nitrogen and oxygen atoms in total. The number of carbonyl (C=O) groups excluding carboxylic acids is 2. The molecule has 0 atom stereocenters. The van der Waals surface area contributed by atoms with Gasteiger partial charge in [-0.2, -0.15) is 5.10 Å². The van der Waals surface area contributed by atoms with Gasteiger partial charge in [0.15, 0.2) is 0 Å². The van der Waals surface area contributed by atoms with E-state index in [0.29, 0.717) is 23.5 Å². The first-order valence-electron chi connectivity index (χ1n) is 7.89. The molecule has 26 heavy (non-hydrogen) atoms. The molecule has 2 aromatic carbocycles. The number of H-pyrrole nitrogens is 1. The van der Waals surface area contributed by atoms with Crippen molar-refractivity contribution in [2.45, 2.75) is 6.54 Å². The summed E-state index contributed by atoms with van der Waals surface area (Å²) >= 11 is 3.39. The summed E-state index contributed by atoms with van der Waals surface area (Å²) in [5.41, 5.74) is 8.55. The van der Waals surface area contributed by atoms with Crippen LogP contribution in [-0.2, 0) is 6.54 Å². The molecule has 132 valence electrons. The molecule has 0 bridgehead atoms. The van der Waals surface area contributed by atoms with Gasteiger partial charge in [-0.25, -0.2) is 0 Å². The Kier molecular flexibility index (Phi) is 5.18. The van der Waals surface area contributed by atoms with Crippen LogP contribution in [0.4, 0.5) is 0 Å². The molecule has 0 spiro atoms. The van der Waals surface area contributed by atoms with Gasteiger partial charge in [-0.05, 0) is 35.9 Å². The van der Waals surface area contributed by atoms with Crippen LogP contribution < -0.4 is 5.73 Å². The number of rotatable bonds is 5. The monoisotopic (exact) mass is 412 g/mol. The maximum Gasteiger partial charge on any atom is 0.271 e. The van der Waals surface area contributed by atoms with Crippen LogP contribution in [0.3, 0.4) is 0 Å². The van der Waals surface area contributed by atoms with Gasteiger partial charge in [-0.3, -0.25) is 14.7 Å². The molecule has 3 rings (SSSR count). The lowest BCUT2D eigenvalue weighted by atomic mass is 10.1. The van der Waals surface area contributed by atoms with Crippen molar-refractivity contribution in [3.63, 3.8) is 0 Å². The maximum atomic E-state index is 12.6. The molecule has 0 aliphatic heterocycles. The van der Waals surface area contributed by atoms with Crippen LogP contribution in [0.25, 0.3) is 11.3 Å². The van der Waals surface area contributed by atoms with E-state index in [1.165, 1.54) is 0 Å². The lowest BCUT2D eigenvalue weighted by Gasteiger charge is -2.16. The van der Waals surface area contributed by atoms with E-state index in [9.17, 15) is 9.59 Å². The second kappa shape index (κ2) is 7.53. The predicted molar refractivity (Wildman–Crippen MR) is 102 cm³/mol. The molecule has 3 aromatic rings. The number of aromatic amines is 1. The predicted octanol–water partition coefficient (Wildman–Crippen LogP) is 3.21. The third-order valence-electron chi connectivity index (χ3n) is 3.93. The second-order valence-corrected chi connectivity index (χ2v) is 6.82. The van der Waals surface area contributed by atoms with Crippen molar-refractivity contribution in [2.24, 2.45) is 5.73 Å². The minimum atomic E-state index is -0.492. The number of benzene rings is 2. The van der Waals surface area contributed by atoms with Gasteiger partial charge in [-0.1, -0.05) is 40.2 Å². The molecule has 1 aromatic heterocycles. The van der Waals surface area contributed by atoms with Crippen LogP contribution in [0.1, 0.15) is 26.4 Å². The first-order chi connectivity index (χ1) is 12.4. The molecular formula is C19H17BrN4O2. The highest BCUT2D eigenvalue weighted by Crippen LogP contribution is 2.21. The molecule has 7 heteroatoms. The quantitative estimate of drug-likeness (QED) is 0.673. The van der Waals surface area contributed by atoms with E-state index in [1.807, 2.05) is 30.3 Å².